The van der Waals surface area contributed by atoms with Gasteiger partial charge in [0, 0.05) is 6.42 Å². The summed E-state index contributed by atoms with van der Waals surface area (Å²) >= 11 is 0. The lowest BCUT2D eigenvalue weighted by atomic mass is 9.92. The van der Waals surface area contributed by atoms with E-state index >= 15 is 0 Å². The quantitative estimate of drug-likeness (QED) is 0.594. The van der Waals surface area contributed by atoms with Gasteiger partial charge in [-0.15, -0.1) is 0 Å². The molecular formula is C10H10O. The van der Waals surface area contributed by atoms with Crippen LogP contribution in [0.5, 0.6) is 5.75 Å². The van der Waals surface area contributed by atoms with Crippen LogP contribution in [0.15, 0.2) is 18.2 Å². The van der Waals surface area contributed by atoms with E-state index in [1.165, 1.54) is 11.1 Å². The molecule has 2 radical (unpaired) electrons. The summed E-state index contributed by atoms with van der Waals surface area (Å²) in [5.41, 5.74) is 2.41. The topological polar surface area (TPSA) is 20.2 Å². The summed E-state index contributed by atoms with van der Waals surface area (Å²) in [5.74, 6) is 0.368. The van der Waals surface area contributed by atoms with Crippen LogP contribution >= 0.6 is 0 Å². The van der Waals surface area contributed by atoms with Crippen molar-refractivity contribution in [3.05, 3.63) is 35.7 Å². The molecule has 1 aromatic carbocycles. The molecule has 56 valence electrons. The number of rotatable bonds is 0. The van der Waals surface area contributed by atoms with Crippen LogP contribution in [0.25, 0.3) is 0 Å². The lowest BCUT2D eigenvalue weighted by molar-refractivity contribution is 0.474. The zero-order chi connectivity index (χ0) is 7.68. The van der Waals surface area contributed by atoms with Crippen molar-refractivity contribution in [2.75, 3.05) is 0 Å². The molecule has 0 atom stereocenters. The average Bonchev–Trinajstić information content (AvgIpc) is 2.04. The van der Waals surface area contributed by atoms with Crippen molar-refractivity contribution in [1.29, 1.82) is 0 Å². The van der Waals surface area contributed by atoms with Gasteiger partial charge in [0.1, 0.15) is 5.75 Å². The first-order valence-corrected chi connectivity index (χ1v) is 3.92. The molecule has 0 amide bonds. The second-order valence-corrected chi connectivity index (χ2v) is 2.87. The van der Waals surface area contributed by atoms with Gasteiger partial charge in [-0.2, -0.15) is 0 Å². The van der Waals surface area contributed by atoms with Gasteiger partial charge < -0.3 is 5.11 Å². The maximum atomic E-state index is 9.16. The fraction of sp³-hybridized carbons (Fsp3) is 0.300. The zero-order valence-electron chi connectivity index (χ0n) is 6.30. The minimum atomic E-state index is 0.368. The molecule has 0 heterocycles. The van der Waals surface area contributed by atoms with Crippen molar-refractivity contribution < 1.29 is 5.11 Å². The first-order chi connectivity index (χ1) is 5.36. The zero-order valence-corrected chi connectivity index (χ0v) is 6.30. The van der Waals surface area contributed by atoms with Crippen LogP contribution < -0.4 is 0 Å². The van der Waals surface area contributed by atoms with Crippen LogP contribution in [0.3, 0.4) is 0 Å². The number of benzene rings is 1. The molecule has 0 saturated carbocycles. The molecule has 0 aliphatic heterocycles. The highest BCUT2D eigenvalue weighted by Crippen LogP contribution is 2.25. The molecule has 1 nitrogen and oxygen atoms in total. The van der Waals surface area contributed by atoms with Gasteiger partial charge >= 0.3 is 0 Å². The lowest BCUT2D eigenvalue weighted by Gasteiger charge is -2.13. The van der Waals surface area contributed by atoms with Gasteiger partial charge in [-0.1, -0.05) is 6.07 Å². The minimum Gasteiger partial charge on any atom is -0.508 e. The number of phenolic OH excluding ortho intramolecular Hbond substituents is 1. The first-order valence-electron chi connectivity index (χ1n) is 3.92. The van der Waals surface area contributed by atoms with E-state index in [2.05, 4.69) is 6.42 Å². The molecule has 2 rings (SSSR count). The standard InChI is InChI=1S/C10H10O/c11-10-6-5-8-3-1-2-4-9(8)7-10/h5-7,11H,1-2,4H2. The number of aromatic hydroxyl groups is 1. The van der Waals surface area contributed by atoms with E-state index in [-0.39, 0.29) is 0 Å². The molecule has 1 aliphatic rings. The van der Waals surface area contributed by atoms with Crippen LogP contribution in [0.4, 0.5) is 0 Å². The van der Waals surface area contributed by atoms with Gasteiger partial charge in [-0.3, -0.25) is 0 Å². The molecule has 1 heteroatoms. The summed E-state index contributed by atoms with van der Waals surface area (Å²) in [7, 11) is 0. The Labute approximate surface area is 66.7 Å². The fourth-order valence-corrected chi connectivity index (χ4v) is 1.46. The molecule has 1 aromatic rings. The van der Waals surface area contributed by atoms with E-state index < -0.39 is 0 Å². The van der Waals surface area contributed by atoms with Crippen molar-refractivity contribution in [3.63, 3.8) is 0 Å². The van der Waals surface area contributed by atoms with Gasteiger partial charge in [0.2, 0.25) is 0 Å². The van der Waals surface area contributed by atoms with Crippen molar-refractivity contribution in [2.24, 2.45) is 0 Å². The van der Waals surface area contributed by atoms with E-state index in [0.29, 0.717) is 5.75 Å². The third kappa shape index (κ3) is 1.23. The molecular weight excluding hydrogens is 136 g/mol. The number of hydrogen-bond donors (Lipinski definition) is 1. The molecule has 0 spiro atoms. The predicted octanol–water partition coefficient (Wildman–Crippen LogP) is 2.16. The molecule has 11 heavy (non-hydrogen) atoms. The number of aryl methyl sites for hydroxylation is 1. The molecule has 0 fully saturated rings. The third-order valence-corrected chi connectivity index (χ3v) is 2.03. The fourth-order valence-electron chi connectivity index (χ4n) is 1.46. The minimum absolute atomic E-state index is 0.368. The monoisotopic (exact) mass is 146 g/mol. The normalized spacial score (nSPS) is 16.0. The number of phenols is 1. The van der Waals surface area contributed by atoms with Crippen molar-refractivity contribution >= 4 is 0 Å². The van der Waals surface area contributed by atoms with Gasteiger partial charge in [0.05, 0.1) is 0 Å². The van der Waals surface area contributed by atoms with E-state index in [1.54, 1.807) is 6.07 Å². The summed E-state index contributed by atoms with van der Waals surface area (Å²) in [4.78, 5) is 0. The predicted molar refractivity (Wildman–Crippen MR) is 43.4 cm³/mol. The second kappa shape index (κ2) is 2.57. The third-order valence-electron chi connectivity index (χ3n) is 2.03. The summed E-state index contributed by atoms with van der Waals surface area (Å²) in [6.45, 7) is 0. The second-order valence-electron chi connectivity index (χ2n) is 2.87. The number of fused-ring (bicyclic) bond motifs is 1. The van der Waals surface area contributed by atoms with Crippen LogP contribution in [-0.4, -0.2) is 5.11 Å². The highest BCUT2D eigenvalue weighted by Gasteiger charge is 2.09. The van der Waals surface area contributed by atoms with Gasteiger partial charge in [0.25, 0.3) is 0 Å². The van der Waals surface area contributed by atoms with E-state index in [9.17, 15) is 0 Å². The maximum Gasteiger partial charge on any atom is 0.115 e. The largest absolute Gasteiger partial charge is 0.508 e. The first kappa shape index (κ1) is 6.71. The van der Waals surface area contributed by atoms with E-state index in [1.807, 2.05) is 12.1 Å². The van der Waals surface area contributed by atoms with Crippen molar-refractivity contribution in [2.45, 2.75) is 19.3 Å². The molecule has 0 saturated heterocycles. The summed E-state index contributed by atoms with van der Waals surface area (Å²) in [5, 5.41) is 9.16. The Morgan fingerprint density at radius 1 is 1.36 bits per heavy atom. The molecule has 0 aromatic heterocycles. The Hall–Kier alpha value is -0.980. The van der Waals surface area contributed by atoms with Crippen LogP contribution in [-0.2, 0) is 6.42 Å². The van der Waals surface area contributed by atoms with Crippen LogP contribution in [0, 0.1) is 6.42 Å². The van der Waals surface area contributed by atoms with Gasteiger partial charge in [-0.05, 0) is 42.5 Å². The Morgan fingerprint density at radius 3 is 3.18 bits per heavy atom. The van der Waals surface area contributed by atoms with E-state index in [0.717, 1.165) is 19.3 Å². The molecule has 0 bridgehead atoms. The lowest BCUT2D eigenvalue weighted by Crippen LogP contribution is -1.99. The molecule has 0 unspecified atom stereocenters. The Morgan fingerprint density at radius 2 is 2.27 bits per heavy atom. The summed E-state index contributed by atoms with van der Waals surface area (Å²) in [6.07, 6.45) is 6.58. The smallest absolute Gasteiger partial charge is 0.115 e. The maximum absolute atomic E-state index is 9.16. The SMILES string of the molecule is Oc1ccc2c(c1)CCC[C]2. The molecule has 1 aliphatic carbocycles. The highest BCUT2D eigenvalue weighted by atomic mass is 16.3. The summed E-state index contributed by atoms with van der Waals surface area (Å²) < 4.78 is 0. The Bertz CT molecular complexity index is 266. The van der Waals surface area contributed by atoms with Crippen molar-refractivity contribution in [3.8, 4) is 5.75 Å². The van der Waals surface area contributed by atoms with E-state index in [4.69, 9.17) is 5.11 Å². The number of hydrogen-bond acceptors (Lipinski definition) is 1. The van der Waals surface area contributed by atoms with Crippen LogP contribution in [0.1, 0.15) is 24.0 Å². The Balaban J connectivity index is 2.43. The molecule has 1 N–H and O–H groups in total. The summed E-state index contributed by atoms with van der Waals surface area (Å²) in [6, 6.07) is 5.49. The van der Waals surface area contributed by atoms with Gasteiger partial charge in [-0.25, -0.2) is 0 Å². The average molecular weight is 146 g/mol. The van der Waals surface area contributed by atoms with Crippen molar-refractivity contribution in [1.82, 2.24) is 0 Å². The highest BCUT2D eigenvalue weighted by molar-refractivity contribution is 5.40. The Kier molecular flexibility index (Phi) is 1.57. The van der Waals surface area contributed by atoms with Gasteiger partial charge in [0.15, 0.2) is 0 Å². The van der Waals surface area contributed by atoms with Crippen LogP contribution in [0.2, 0.25) is 0 Å².